The van der Waals surface area contributed by atoms with Gasteiger partial charge in [-0.15, -0.1) is 0 Å². The Balaban J connectivity index is 1.84. The fraction of sp³-hybridized carbons (Fsp3) is 0.103. The maximum atomic E-state index is 10.7. The molecule has 4 rings (SSSR count). The van der Waals surface area contributed by atoms with Gasteiger partial charge in [0.1, 0.15) is 28.6 Å². The van der Waals surface area contributed by atoms with Crippen LogP contribution in [0.4, 0.5) is 0 Å². The highest BCUT2D eigenvalue weighted by atomic mass is 16.5. The summed E-state index contributed by atoms with van der Waals surface area (Å²) in [5.74, 6) is 1.18. The lowest BCUT2D eigenvalue weighted by Gasteiger charge is -2.15. The first kappa shape index (κ1) is 22.0. The van der Waals surface area contributed by atoms with E-state index in [1.165, 1.54) is 0 Å². The predicted molar refractivity (Wildman–Crippen MR) is 136 cm³/mol. The van der Waals surface area contributed by atoms with Crippen LogP contribution in [-0.4, -0.2) is 17.3 Å². The number of aromatic hydroxyl groups is 2. The number of rotatable bonds is 6. The molecule has 0 spiro atoms. The summed E-state index contributed by atoms with van der Waals surface area (Å²) in [6, 6.07) is 16.5. The number of methoxy groups -OCH3 is 1. The zero-order valence-corrected chi connectivity index (χ0v) is 18.9. The molecule has 0 aliphatic carbocycles. The number of ether oxygens (including phenoxy) is 1. The number of fused-ring (bicyclic) bond motifs is 1. The zero-order chi connectivity index (χ0) is 23.5. The van der Waals surface area contributed by atoms with Crippen molar-refractivity contribution in [2.45, 2.75) is 13.8 Å². The first-order chi connectivity index (χ1) is 15.9. The van der Waals surface area contributed by atoms with E-state index in [0.29, 0.717) is 33.8 Å². The molecule has 1 heterocycles. The molecule has 4 nitrogen and oxygen atoms in total. The largest absolute Gasteiger partial charge is 0.507 e. The van der Waals surface area contributed by atoms with Gasteiger partial charge in [0.2, 0.25) is 0 Å². The maximum absolute atomic E-state index is 10.7. The van der Waals surface area contributed by atoms with Crippen LogP contribution in [0.3, 0.4) is 0 Å². The van der Waals surface area contributed by atoms with E-state index in [0.717, 1.165) is 22.1 Å². The molecule has 0 aliphatic rings. The van der Waals surface area contributed by atoms with Gasteiger partial charge >= 0.3 is 0 Å². The SMILES string of the molecule is C=C(c1cc(/C=C/C)ccc1O)c1cc(-c2cc3cc(/C=C/C)ccc3o2)c(OC)cc1O. The number of phenolic OH excluding ortho intramolecular Hbond substituents is 2. The quantitative estimate of drug-likeness (QED) is 0.324. The first-order valence-electron chi connectivity index (χ1n) is 10.7. The second-order valence-corrected chi connectivity index (χ2v) is 7.73. The van der Waals surface area contributed by atoms with Crippen LogP contribution >= 0.6 is 0 Å². The van der Waals surface area contributed by atoms with Gasteiger partial charge in [-0.3, -0.25) is 0 Å². The van der Waals surface area contributed by atoms with Crippen LogP contribution < -0.4 is 4.74 Å². The Morgan fingerprint density at radius 3 is 2.21 bits per heavy atom. The van der Waals surface area contributed by atoms with Gasteiger partial charge in [-0.2, -0.15) is 0 Å². The number of furan rings is 1. The molecular formula is C29H26O4. The molecule has 0 aliphatic heterocycles. The Labute approximate surface area is 193 Å². The standard InChI is InChI=1S/C29H26O4/c1-5-7-19-10-12-27-21(13-19)15-29(33-27)24-16-23(26(31)17-28(24)32-4)18(3)22-14-20(8-6-2)9-11-25(22)30/h5-17,30-31H,3H2,1-2,4H3/b7-5+,8-6+. The smallest absolute Gasteiger partial charge is 0.139 e. The summed E-state index contributed by atoms with van der Waals surface area (Å²) in [6.45, 7) is 8.07. The van der Waals surface area contributed by atoms with E-state index < -0.39 is 0 Å². The average Bonchev–Trinajstić information content (AvgIpc) is 3.23. The van der Waals surface area contributed by atoms with Gasteiger partial charge in [0, 0.05) is 22.6 Å². The van der Waals surface area contributed by atoms with Crippen LogP contribution in [0, 0.1) is 0 Å². The molecule has 0 atom stereocenters. The lowest BCUT2D eigenvalue weighted by Crippen LogP contribution is -1.93. The average molecular weight is 439 g/mol. The van der Waals surface area contributed by atoms with Crippen molar-refractivity contribution in [1.82, 2.24) is 0 Å². The Bertz CT molecular complexity index is 1400. The molecule has 0 saturated carbocycles. The highest BCUT2D eigenvalue weighted by Gasteiger charge is 2.19. The van der Waals surface area contributed by atoms with Crippen LogP contribution in [0.2, 0.25) is 0 Å². The number of hydrogen-bond acceptors (Lipinski definition) is 4. The monoisotopic (exact) mass is 438 g/mol. The summed E-state index contributed by atoms with van der Waals surface area (Å²) in [6.07, 6.45) is 7.88. The third-order valence-corrected chi connectivity index (χ3v) is 5.51. The molecule has 33 heavy (non-hydrogen) atoms. The minimum atomic E-state index is 0.00270. The van der Waals surface area contributed by atoms with Gasteiger partial charge in [0.25, 0.3) is 0 Å². The molecule has 0 fully saturated rings. The van der Waals surface area contributed by atoms with Crippen LogP contribution in [0.5, 0.6) is 17.2 Å². The second kappa shape index (κ2) is 9.13. The summed E-state index contributed by atoms with van der Waals surface area (Å²) in [4.78, 5) is 0. The summed E-state index contributed by atoms with van der Waals surface area (Å²) >= 11 is 0. The van der Waals surface area contributed by atoms with Gasteiger partial charge in [0.15, 0.2) is 0 Å². The number of benzene rings is 3. The summed E-state index contributed by atoms with van der Waals surface area (Å²) in [5, 5.41) is 22.2. The molecule has 0 radical (unpaired) electrons. The fourth-order valence-electron chi connectivity index (χ4n) is 3.90. The molecule has 0 unspecified atom stereocenters. The van der Waals surface area contributed by atoms with E-state index in [4.69, 9.17) is 9.15 Å². The normalized spacial score (nSPS) is 11.6. The molecule has 0 saturated heterocycles. The molecular weight excluding hydrogens is 412 g/mol. The Hall–Kier alpha value is -4.18. The molecule has 1 aromatic heterocycles. The molecule has 2 N–H and O–H groups in total. The molecule has 0 bridgehead atoms. The minimum Gasteiger partial charge on any atom is -0.507 e. The topological polar surface area (TPSA) is 62.8 Å². The highest BCUT2D eigenvalue weighted by Crippen LogP contribution is 2.42. The van der Waals surface area contributed by atoms with Crippen LogP contribution in [0.25, 0.3) is 40.0 Å². The van der Waals surface area contributed by atoms with Crippen molar-refractivity contribution in [3.63, 3.8) is 0 Å². The third-order valence-electron chi connectivity index (χ3n) is 5.51. The van der Waals surface area contributed by atoms with Crippen molar-refractivity contribution in [1.29, 1.82) is 0 Å². The van der Waals surface area contributed by atoms with Crippen LogP contribution in [0.1, 0.15) is 36.1 Å². The summed E-state index contributed by atoms with van der Waals surface area (Å²) in [5.41, 5.74) is 4.96. The molecule has 4 aromatic rings. The van der Waals surface area contributed by atoms with Crippen molar-refractivity contribution >= 4 is 28.7 Å². The van der Waals surface area contributed by atoms with Gasteiger partial charge in [-0.05, 0) is 66.9 Å². The maximum Gasteiger partial charge on any atom is 0.139 e. The van der Waals surface area contributed by atoms with Crippen LogP contribution in [-0.2, 0) is 0 Å². The van der Waals surface area contributed by atoms with Crippen molar-refractivity contribution in [3.05, 3.63) is 95.6 Å². The van der Waals surface area contributed by atoms with Crippen molar-refractivity contribution in [2.24, 2.45) is 0 Å². The Morgan fingerprint density at radius 1 is 0.848 bits per heavy atom. The Morgan fingerprint density at radius 2 is 1.52 bits per heavy atom. The van der Waals surface area contributed by atoms with Gasteiger partial charge in [0.05, 0.1) is 12.7 Å². The summed E-state index contributed by atoms with van der Waals surface area (Å²) < 4.78 is 11.6. The fourth-order valence-corrected chi connectivity index (χ4v) is 3.90. The van der Waals surface area contributed by atoms with Gasteiger partial charge in [-0.1, -0.05) is 43.0 Å². The molecule has 4 heteroatoms. The lowest BCUT2D eigenvalue weighted by atomic mass is 9.94. The van der Waals surface area contributed by atoms with Crippen molar-refractivity contribution in [3.8, 4) is 28.6 Å². The zero-order valence-electron chi connectivity index (χ0n) is 18.9. The first-order valence-corrected chi connectivity index (χ1v) is 10.7. The van der Waals surface area contributed by atoms with E-state index >= 15 is 0 Å². The van der Waals surface area contributed by atoms with Crippen molar-refractivity contribution in [2.75, 3.05) is 7.11 Å². The summed E-state index contributed by atoms with van der Waals surface area (Å²) in [7, 11) is 1.55. The molecule has 3 aromatic carbocycles. The van der Waals surface area contributed by atoms with E-state index in [2.05, 4.69) is 12.6 Å². The van der Waals surface area contributed by atoms with E-state index in [-0.39, 0.29) is 11.5 Å². The van der Waals surface area contributed by atoms with Crippen molar-refractivity contribution < 1.29 is 19.4 Å². The minimum absolute atomic E-state index is 0.00270. The molecule has 0 amide bonds. The number of phenols is 2. The van der Waals surface area contributed by atoms with Crippen LogP contribution in [0.15, 0.2) is 77.7 Å². The second-order valence-electron chi connectivity index (χ2n) is 7.73. The lowest BCUT2D eigenvalue weighted by molar-refractivity contribution is 0.407. The molecule has 166 valence electrons. The predicted octanol–water partition coefficient (Wildman–Crippen LogP) is 7.65. The third kappa shape index (κ3) is 4.28. The van der Waals surface area contributed by atoms with E-state index in [1.54, 1.807) is 25.3 Å². The van der Waals surface area contributed by atoms with E-state index in [9.17, 15) is 10.2 Å². The van der Waals surface area contributed by atoms with Gasteiger partial charge < -0.3 is 19.4 Å². The van der Waals surface area contributed by atoms with Gasteiger partial charge in [-0.25, -0.2) is 0 Å². The highest BCUT2D eigenvalue weighted by molar-refractivity contribution is 5.90. The Kier molecular flexibility index (Phi) is 6.09. The number of allylic oxidation sites excluding steroid dienone is 2. The van der Waals surface area contributed by atoms with E-state index in [1.807, 2.05) is 68.5 Å². The number of hydrogen-bond donors (Lipinski definition) is 2.